The van der Waals surface area contributed by atoms with Gasteiger partial charge in [-0.25, -0.2) is 4.98 Å². The molecule has 0 amide bonds. The van der Waals surface area contributed by atoms with E-state index in [1.54, 1.807) is 0 Å². The molecule has 2 rings (SSSR count). The molecule has 0 bridgehead atoms. The van der Waals surface area contributed by atoms with Crippen LogP contribution in [0.1, 0.15) is 38.6 Å². The van der Waals surface area contributed by atoms with Crippen LogP contribution in [0.4, 0.5) is 0 Å². The van der Waals surface area contributed by atoms with Crippen LogP contribution in [0.25, 0.3) is 11.0 Å². The maximum atomic E-state index is 4.57. The van der Waals surface area contributed by atoms with Crippen molar-refractivity contribution in [1.29, 1.82) is 0 Å². The van der Waals surface area contributed by atoms with Gasteiger partial charge in [-0.1, -0.05) is 13.0 Å². The molecule has 2 aromatic rings. The fraction of sp³-hybridized carbons (Fsp3) is 0.500. The Morgan fingerprint density at radius 3 is 2.82 bits per heavy atom. The first kappa shape index (κ1) is 12.1. The molecular formula is C14H21N3. The molecule has 0 radical (unpaired) electrons. The molecule has 92 valence electrons. The molecule has 2 N–H and O–H groups in total. The molecule has 0 saturated carbocycles. The van der Waals surface area contributed by atoms with Gasteiger partial charge in [-0.15, -0.1) is 0 Å². The van der Waals surface area contributed by atoms with Crippen LogP contribution >= 0.6 is 0 Å². The number of H-pyrrole nitrogens is 1. The van der Waals surface area contributed by atoms with Crippen molar-refractivity contribution in [2.75, 3.05) is 0 Å². The van der Waals surface area contributed by atoms with E-state index in [1.807, 2.05) is 0 Å². The molecule has 3 nitrogen and oxygen atoms in total. The first-order valence-electron chi connectivity index (χ1n) is 6.20. The summed E-state index contributed by atoms with van der Waals surface area (Å²) in [5.41, 5.74) is 3.59. The zero-order valence-corrected chi connectivity index (χ0v) is 11.1. The summed E-state index contributed by atoms with van der Waals surface area (Å²) in [6.45, 7) is 9.49. The number of nitrogens with zero attached hydrogens (tertiary/aromatic N) is 1. The number of nitrogens with one attached hydrogen (secondary N) is 2. The lowest BCUT2D eigenvalue weighted by molar-refractivity contribution is 0.370. The maximum Gasteiger partial charge on any atom is 0.121 e. The minimum absolute atomic E-state index is 0.162. The molecule has 0 aliphatic carbocycles. The molecule has 1 heterocycles. The summed E-state index contributed by atoms with van der Waals surface area (Å²) in [7, 11) is 0. The molecule has 17 heavy (non-hydrogen) atoms. The highest BCUT2D eigenvalue weighted by Gasteiger charge is 2.14. The van der Waals surface area contributed by atoms with Gasteiger partial charge in [0, 0.05) is 5.54 Å². The predicted molar refractivity (Wildman–Crippen MR) is 72.0 cm³/mol. The van der Waals surface area contributed by atoms with Crippen molar-refractivity contribution in [1.82, 2.24) is 15.3 Å². The molecule has 0 spiro atoms. The van der Waals surface area contributed by atoms with E-state index in [2.05, 4.69) is 61.2 Å². The number of hydrogen-bond acceptors (Lipinski definition) is 2. The molecule has 3 heteroatoms. The van der Waals surface area contributed by atoms with Crippen molar-refractivity contribution in [3.05, 3.63) is 29.6 Å². The van der Waals surface area contributed by atoms with Gasteiger partial charge in [0.15, 0.2) is 0 Å². The van der Waals surface area contributed by atoms with Gasteiger partial charge in [0.25, 0.3) is 0 Å². The number of hydrogen-bond donors (Lipinski definition) is 2. The molecule has 0 aliphatic heterocycles. The van der Waals surface area contributed by atoms with Crippen molar-refractivity contribution in [3.63, 3.8) is 0 Å². The van der Waals surface area contributed by atoms with Crippen LogP contribution in [0.2, 0.25) is 0 Å². The summed E-state index contributed by atoms with van der Waals surface area (Å²) >= 11 is 0. The Labute approximate surface area is 103 Å². The van der Waals surface area contributed by atoms with Gasteiger partial charge in [0.1, 0.15) is 5.82 Å². The molecule has 0 aliphatic rings. The lowest BCUT2D eigenvalue weighted by Crippen LogP contribution is -2.38. The fourth-order valence-corrected chi connectivity index (χ4v) is 1.71. The number of aryl methyl sites for hydroxylation is 1. The Morgan fingerprint density at radius 2 is 2.12 bits per heavy atom. The van der Waals surface area contributed by atoms with E-state index in [-0.39, 0.29) is 5.54 Å². The largest absolute Gasteiger partial charge is 0.341 e. The maximum absolute atomic E-state index is 4.57. The summed E-state index contributed by atoms with van der Waals surface area (Å²) in [5.74, 6) is 1.01. The van der Waals surface area contributed by atoms with Crippen molar-refractivity contribution in [3.8, 4) is 0 Å². The van der Waals surface area contributed by atoms with E-state index < -0.39 is 0 Å². The minimum atomic E-state index is 0.162. The van der Waals surface area contributed by atoms with E-state index in [0.29, 0.717) is 0 Å². The highest BCUT2D eigenvalue weighted by molar-refractivity contribution is 5.75. The predicted octanol–water partition coefficient (Wildman–Crippen LogP) is 3.15. The summed E-state index contributed by atoms with van der Waals surface area (Å²) in [4.78, 5) is 7.93. The van der Waals surface area contributed by atoms with Crippen LogP contribution in [0.3, 0.4) is 0 Å². The average molecular weight is 231 g/mol. The summed E-state index contributed by atoms with van der Waals surface area (Å²) < 4.78 is 0. The molecule has 1 aromatic carbocycles. The van der Waals surface area contributed by atoms with Crippen LogP contribution in [-0.2, 0) is 6.54 Å². The Kier molecular flexibility index (Phi) is 3.20. The number of aromatic amines is 1. The van der Waals surface area contributed by atoms with Crippen LogP contribution in [-0.4, -0.2) is 15.5 Å². The van der Waals surface area contributed by atoms with Crippen LogP contribution in [0.15, 0.2) is 18.2 Å². The molecule has 0 unspecified atom stereocenters. The normalized spacial score (nSPS) is 12.2. The van der Waals surface area contributed by atoms with Crippen molar-refractivity contribution in [2.24, 2.45) is 0 Å². The lowest BCUT2D eigenvalue weighted by atomic mass is 10.0. The SMILES string of the molecule is CCC(C)(C)NCc1nc2ccc(C)cc2[nH]1. The smallest absolute Gasteiger partial charge is 0.121 e. The Morgan fingerprint density at radius 1 is 1.35 bits per heavy atom. The summed E-state index contributed by atoms with van der Waals surface area (Å²) in [5, 5.41) is 3.51. The van der Waals surface area contributed by atoms with Crippen LogP contribution < -0.4 is 5.32 Å². The number of fused-ring (bicyclic) bond motifs is 1. The zero-order chi connectivity index (χ0) is 12.5. The van der Waals surface area contributed by atoms with Crippen molar-refractivity contribution >= 4 is 11.0 Å². The Hall–Kier alpha value is -1.35. The summed E-state index contributed by atoms with van der Waals surface area (Å²) in [6.07, 6.45) is 1.10. The molecular weight excluding hydrogens is 210 g/mol. The number of aromatic nitrogens is 2. The van der Waals surface area contributed by atoms with Gasteiger partial charge in [-0.3, -0.25) is 0 Å². The molecule has 0 saturated heterocycles. The highest BCUT2D eigenvalue weighted by atomic mass is 15.0. The van der Waals surface area contributed by atoms with Gasteiger partial charge in [-0.2, -0.15) is 0 Å². The number of rotatable bonds is 4. The van der Waals surface area contributed by atoms with E-state index >= 15 is 0 Å². The fourth-order valence-electron chi connectivity index (χ4n) is 1.71. The second-order valence-corrected chi connectivity index (χ2v) is 5.30. The third kappa shape index (κ3) is 2.86. The first-order valence-corrected chi connectivity index (χ1v) is 6.20. The minimum Gasteiger partial charge on any atom is -0.341 e. The first-order chi connectivity index (χ1) is 8.00. The second kappa shape index (κ2) is 4.49. The van der Waals surface area contributed by atoms with Crippen molar-refractivity contribution in [2.45, 2.75) is 46.2 Å². The topological polar surface area (TPSA) is 40.7 Å². The van der Waals surface area contributed by atoms with Gasteiger partial charge in [-0.05, 0) is 44.9 Å². The molecule has 0 atom stereocenters. The Bertz CT molecular complexity index is 511. The van der Waals surface area contributed by atoms with Gasteiger partial charge < -0.3 is 10.3 Å². The van der Waals surface area contributed by atoms with E-state index in [1.165, 1.54) is 5.56 Å². The Balaban J connectivity index is 2.15. The molecule has 1 aromatic heterocycles. The third-order valence-electron chi connectivity index (χ3n) is 3.30. The van der Waals surface area contributed by atoms with Gasteiger partial charge >= 0.3 is 0 Å². The summed E-state index contributed by atoms with van der Waals surface area (Å²) in [6, 6.07) is 6.29. The number of imidazole rings is 1. The molecule has 0 fully saturated rings. The van der Waals surface area contributed by atoms with Crippen LogP contribution in [0, 0.1) is 6.92 Å². The monoisotopic (exact) mass is 231 g/mol. The number of benzene rings is 1. The second-order valence-electron chi connectivity index (χ2n) is 5.30. The van der Waals surface area contributed by atoms with Crippen molar-refractivity contribution < 1.29 is 0 Å². The standard InChI is InChI=1S/C14H21N3/c1-5-14(3,4)15-9-13-16-11-7-6-10(2)8-12(11)17-13/h6-8,15H,5,9H2,1-4H3,(H,16,17). The average Bonchev–Trinajstić information content (AvgIpc) is 2.68. The van der Waals surface area contributed by atoms with E-state index in [0.717, 1.165) is 29.8 Å². The van der Waals surface area contributed by atoms with Gasteiger partial charge in [0.2, 0.25) is 0 Å². The van der Waals surface area contributed by atoms with E-state index in [9.17, 15) is 0 Å². The van der Waals surface area contributed by atoms with Gasteiger partial charge in [0.05, 0.1) is 17.6 Å². The van der Waals surface area contributed by atoms with Crippen LogP contribution in [0.5, 0.6) is 0 Å². The van der Waals surface area contributed by atoms with E-state index in [4.69, 9.17) is 0 Å². The third-order valence-corrected chi connectivity index (χ3v) is 3.30. The zero-order valence-electron chi connectivity index (χ0n) is 11.1. The quantitative estimate of drug-likeness (QED) is 0.848. The highest BCUT2D eigenvalue weighted by Crippen LogP contribution is 2.14. The lowest BCUT2D eigenvalue weighted by Gasteiger charge is -2.23.